The number of thioether (sulfide) groups is 1. The van der Waals surface area contributed by atoms with E-state index in [9.17, 15) is 19.5 Å². The smallest absolute Gasteiger partial charge is 0.244 e. The van der Waals surface area contributed by atoms with Crippen LogP contribution in [0.2, 0.25) is 0 Å². The quantitative estimate of drug-likeness (QED) is 0.365. The van der Waals surface area contributed by atoms with Crippen LogP contribution in [0.5, 0.6) is 0 Å². The number of aliphatic hydroxyl groups excluding tert-OH is 1. The fourth-order valence-corrected chi connectivity index (χ4v) is 9.31. The molecule has 0 saturated carbocycles. The van der Waals surface area contributed by atoms with Gasteiger partial charge in [0.2, 0.25) is 17.7 Å². The van der Waals surface area contributed by atoms with E-state index in [1.807, 2.05) is 6.92 Å². The van der Waals surface area contributed by atoms with Crippen LogP contribution in [-0.4, -0.2) is 107 Å². The van der Waals surface area contributed by atoms with E-state index in [2.05, 4.69) is 36.3 Å². The fraction of sp³-hybridized carbons (Fsp3) is 0.885. The number of carbonyl (C=O) groups excluding carboxylic acids is 3. The predicted molar refractivity (Wildman–Crippen MR) is 139 cm³/mol. The number of hydrogen-bond acceptors (Lipinski definition) is 7. The molecular weight excluding hydrogens is 480 g/mol. The van der Waals surface area contributed by atoms with E-state index < -0.39 is 28.7 Å². The van der Waals surface area contributed by atoms with Crippen molar-refractivity contribution < 1.29 is 24.2 Å². The van der Waals surface area contributed by atoms with Crippen LogP contribution in [0.3, 0.4) is 0 Å². The lowest BCUT2D eigenvalue weighted by molar-refractivity contribution is -0.143. The summed E-state index contributed by atoms with van der Waals surface area (Å²) in [6.07, 6.45) is 2.26. The van der Waals surface area contributed by atoms with Crippen LogP contribution in [0.15, 0.2) is 0 Å². The van der Waals surface area contributed by atoms with Gasteiger partial charge in [0, 0.05) is 38.0 Å². The monoisotopic (exact) mass is 524 g/mol. The summed E-state index contributed by atoms with van der Waals surface area (Å²) in [5.74, 6) is -0.962. The van der Waals surface area contributed by atoms with Crippen molar-refractivity contribution in [1.82, 2.24) is 20.4 Å². The summed E-state index contributed by atoms with van der Waals surface area (Å²) in [6, 6.07) is -1.14. The molecule has 3 N–H and O–H groups in total. The van der Waals surface area contributed by atoms with E-state index in [0.29, 0.717) is 32.7 Å². The van der Waals surface area contributed by atoms with Gasteiger partial charge in [-0.3, -0.25) is 19.3 Å². The second kappa shape index (κ2) is 11.6. The molecule has 9 nitrogen and oxygen atoms in total. The van der Waals surface area contributed by atoms with Gasteiger partial charge in [0.1, 0.15) is 6.04 Å². The van der Waals surface area contributed by atoms with Crippen LogP contribution < -0.4 is 10.6 Å². The van der Waals surface area contributed by atoms with Crippen molar-refractivity contribution in [3.05, 3.63) is 0 Å². The molecule has 0 aromatic rings. The molecule has 4 fully saturated rings. The molecule has 3 amide bonds. The zero-order valence-corrected chi connectivity index (χ0v) is 23.0. The molecule has 2 bridgehead atoms. The number of nitrogens with one attached hydrogen (secondary N) is 2. The summed E-state index contributed by atoms with van der Waals surface area (Å²) in [6.45, 7) is 13.0. The average Bonchev–Trinajstić information content (AvgIpc) is 3.45. The molecule has 7 atom stereocenters. The Balaban J connectivity index is 1.62. The zero-order chi connectivity index (χ0) is 26.0. The maximum Gasteiger partial charge on any atom is 0.244 e. The van der Waals surface area contributed by atoms with Crippen LogP contribution >= 0.6 is 11.8 Å². The normalized spacial score (nSPS) is 34.8. The van der Waals surface area contributed by atoms with Gasteiger partial charge in [0.25, 0.3) is 0 Å². The average molecular weight is 525 g/mol. The molecule has 4 heterocycles. The lowest BCUT2D eigenvalue weighted by atomic mass is 9.66. The molecule has 0 aromatic heterocycles. The molecule has 204 valence electrons. The molecule has 0 aliphatic carbocycles. The first kappa shape index (κ1) is 27.7. The van der Waals surface area contributed by atoms with Crippen molar-refractivity contribution in [3.63, 3.8) is 0 Å². The topological polar surface area (TPSA) is 111 Å². The van der Waals surface area contributed by atoms with Gasteiger partial charge in [-0.25, -0.2) is 0 Å². The number of morpholine rings is 1. The molecule has 10 heteroatoms. The first-order valence-electron chi connectivity index (χ1n) is 13.7. The SMILES string of the molecule is CCCNC(=O)[C@@H]1[C@H]2C(=O)N([C@@H](CO)CC(C)C)C(C(=O)NCCN3CCOCC3)C23S[C@@H]1CC3C. The number of rotatable bonds is 11. The van der Waals surface area contributed by atoms with Crippen LogP contribution in [0.1, 0.15) is 47.0 Å². The van der Waals surface area contributed by atoms with Crippen LogP contribution in [0.25, 0.3) is 0 Å². The van der Waals surface area contributed by atoms with E-state index >= 15 is 0 Å². The van der Waals surface area contributed by atoms with Crippen molar-refractivity contribution in [2.45, 2.75) is 69.0 Å². The summed E-state index contributed by atoms with van der Waals surface area (Å²) in [7, 11) is 0. The lowest BCUT2D eigenvalue weighted by Crippen LogP contribution is -2.59. The van der Waals surface area contributed by atoms with Crippen molar-refractivity contribution in [2.24, 2.45) is 23.7 Å². The molecule has 1 spiro atoms. The van der Waals surface area contributed by atoms with Gasteiger partial charge in [0.15, 0.2) is 0 Å². The third kappa shape index (κ3) is 4.90. The van der Waals surface area contributed by atoms with Gasteiger partial charge < -0.3 is 25.4 Å². The number of ether oxygens (including phenoxy) is 1. The highest BCUT2D eigenvalue weighted by molar-refractivity contribution is 8.02. The Bertz CT molecular complexity index is 822. The number of amides is 3. The van der Waals surface area contributed by atoms with Gasteiger partial charge in [-0.2, -0.15) is 0 Å². The molecule has 0 aromatic carbocycles. The minimum Gasteiger partial charge on any atom is -0.394 e. The number of likely N-dealkylation sites (tertiary alicyclic amines) is 1. The van der Waals surface area contributed by atoms with Crippen molar-refractivity contribution >= 4 is 29.5 Å². The van der Waals surface area contributed by atoms with E-state index in [1.54, 1.807) is 16.7 Å². The van der Waals surface area contributed by atoms with E-state index in [-0.39, 0.29) is 41.4 Å². The molecule has 4 saturated heterocycles. The number of aliphatic hydroxyl groups is 1. The molecule has 3 unspecified atom stereocenters. The number of carbonyl (C=O) groups is 3. The summed E-state index contributed by atoms with van der Waals surface area (Å²) >= 11 is 1.69. The standard InChI is InChI=1S/C26H44N4O5S/c1-5-6-27-23(32)20-19-14-17(4)26(36-19)21(20)25(34)30(18(15-31)13-16(2)3)22(26)24(33)28-7-8-29-9-11-35-12-10-29/h16-22,31H,5-15H2,1-4H3,(H,27,32)(H,28,33)/t17?,18-,19-,20+,21+,22?,26?/m1/s1. The van der Waals surface area contributed by atoms with Gasteiger partial charge in [-0.05, 0) is 31.1 Å². The Labute approximate surface area is 219 Å². The Hall–Kier alpha value is -1.36. The molecule has 4 aliphatic heterocycles. The second-order valence-corrected chi connectivity index (χ2v) is 12.8. The first-order valence-corrected chi connectivity index (χ1v) is 14.6. The van der Waals surface area contributed by atoms with Crippen molar-refractivity contribution in [2.75, 3.05) is 52.5 Å². The number of hydrogen-bond donors (Lipinski definition) is 3. The summed E-state index contributed by atoms with van der Waals surface area (Å²) in [5.41, 5.74) is 0. The van der Waals surface area contributed by atoms with E-state index in [1.165, 1.54) is 0 Å². The molecule has 0 radical (unpaired) electrons. The van der Waals surface area contributed by atoms with Crippen LogP contribution in [-0.2, 0) is 19.1 Å². The number of fused-ring (bicyclic) bond motifs is 1. The Kier molecular flexibility index (Phi) is 8.90. The van der Waals surface area contributed by atoms with Crippen molar-refractivity contribution in [3.8, 4) is 0 Å². The minimum absolute atomic E-state index is 0.0364. The molecule has 36 heavy (non-hydrogen) atoms. The maximum atomic E-state index is 14.1. The summed E-state index contributed by atoms with van der Waals surface area (Å²) in [4.78, 5) is 45.3. The van der Waals surface area contributed by atoms with Crippen LogP contribution in [0.4, 0.5) is 0 Å². The Morgan fingerprint density at radius 1 is 1.19 bits per heavy atom. The van der Waals surface area contributed by atoms with Gasteiger partial charge >= 0.3 is 0 Å². The largest absolute Gasteiger partial charge is 0.394 e. The third-order valence-electron chi connectivity index (χ3n) is 8.46. The lowest BCUT2D eigenvalue weighted by Gasteiger charge is -2.40. The second-order valence-electron chi connectivity index (χ2n) is 11.3. The number of nitrogens with zero attached hydrogens (tertiary/aromatic N) is 2. The van der Waals surface area contributed by atoms with E-state index in [0.717, 1.165) is 32.5 Å². The van der Waals surface area contributed by atoms with Gasteiger partial charge in [-0.1, -0.05) is 27.7 Å². The fourth-order valence-electron chi connectivity index (χ4n) is 6.90. The first-order chi connectivity index (χ1) is 17.3. The Morgan fingerprint density at radius 2 is 1.89 bits per heavy atom. The highest BCUT2D eigenvalue weighted by Crippen LogP contribution is 2.68. The van der Waals surface area contributed by atoms with Crippen molar-refractivity contribution in [1.29, 1.82) is 0 Å². The molecule has 4 aliphatic rings. The summed E-state index contributed by atoms with van der Waals surface area (Å²) < 4.78 is 4.77. The molecular formula is C26H44N4O5S. The van der Waals surface area contributed by atoms with E-state index in [4.69, 9.17) is 4.74 Å². The van der Waals surface area contributed by atoms with Gasteiger partial charge in [-0.15, -0.1) is 11.8 Å². The minimum atomic E-state index is -0.690. The highest BCUT2D eigenvalue weighted by atomic mass is 32.2. The third-order valence-corrected chi connectivity index (χ3v) is 10.5. The zero-order valence-electron chi connectivity index (χ0n) is 22.2. The highest BCUT2D eigenvalue weighted by Gasteiger charge is 2.76. The van der Waals surface area contributed by atoms with Gasteiger partial charge in [0.05, 0.1) is 42.4 Å². The Morgan fingerprint density at radius 3 is 2.53 bits per heavy atom. The van der Waals surface area contributed by atoms with Crippen LogP contribution in [0, 0.1) is 23.7 Å². The maximum absolute atomic E-state index is 14.1. The summed E-state index contributed by atoms with van der Waals surface area (Å²) in [5, 5.41) is 16.5. The predicted octanol–water partition coefficient (Wildman–Crippen LogP) is 0.705. The molecule has 4 rings (SSSR count).